The van der Waals surface area contributed by atoms with Crippen molar-refractivity contribution in [3.05, 3.63) is 24.0 Å². The highest BCUT2D eigenvalue weighted by Gasteiger charge is 2.27. The third kappa shape index (κ3) is 5.24. The summed E-state index contributed by atoms with van der Waals surface area (Å²) in [5.41, 5.74) is 13.6. The van der Waals surface area contributed by atoms with Gasteiger partial charge in [-0.05, 0) is 52.7 Å². The van der Waals surface area contributed by atoms with E-state index in [0.29, 0.717) is 12.4 Å². The fourth-order valence-corrected chi connectivity index (χ4v) is 3.46. The quantitative estimate of drug-likeness (QED) is 0.717. The Morgan fingerprint density at radius 2 is 2.03 bits per heavy atom. The third-order valence-electron chi connectivity index (χ3n) is 4.60. The first-order valence-corrected chi connectivity index (χ1v) is 9.73. The van der Waals surface area contributed by atoms with Gasteiger partial charge in [-0.2, -0.15) is 4.98 Å². The van der Waals surface area contributed by atoms with E-state index in [-0.39, 0.29) is 12.0 Å². The monoisotopic (exact) mass is 399 g/mol. The van der Waals surface area contributed by atoms with Crippen LogP contribution in [0.3, 0.4) is 0 Å². The van der Waals surface area contributed by atoms with E-state index in [1.54, 1.807) is 12.3 Å². The maximum absolute atomic E-state index is 12.2. The van der Waals surface area contributed by atoms with Gasteiger partial charge >= 0.3 is 6.09 Å². The molecule has 0 bridgehead atoms. The molecule has 9 heteroatoms. The van der Waals surface area contributed by atoms with Crippen LogP contribution in [0.25, 0.3) is 11.1 Å². The first-order valence-electron chi connectivity index (χ1n) is 9.73. The molecule has 0 aromatic carbocycles. The molecule has 0 aliphatic carbocycles. The predicted octanol–water partition coefficient (Wildman–Crippen LogP) is 2.50. The van der Waals surface area contributed by atoms with Crippen LogP contribution in [0.15, 0.2) is 18.3 Å². The van der Waals surface area contributed by atoms with Crippen molar-refractivity contribution in [1.29, 1.82) is 0 Å². The van der Waals surface area contributed by atoms with Gasteiger partial charge in [-0.1, -0.05) is 0 Å². The number of nitrogens with zero attached hydrogens (tertiary/aromatic N) is 4. The fraction of sp³-hybridized carbons (Fsp3) is 0.500. The Morgan fingerprint density at radius 1 is 1.28 bits per heavy atom. The number of alkyl carbamates (subject to hydrolysis) is 1. The molecule has 0 spiro atoms. The molecule has 1 unspecified atom stereocenters. The molecule has 1 saturated heterocycles. The van der Waals surface area contributed by atoms with Gasteiger partial charge in [0.1, 0.15) is 17.2 Å². The van der Waals surface area contributed by atoms with Crippen molar-refractivity contribution in [1.82, 2.24) is 20.3 Å². The van der Waals surface area contributed by atoms with E-state index in [1.807, 2.05) is 33.8 Å². The predicted molar refractivity (Wildman–Crippen MR) is 113 cm³/mol. The third-order valence-corrected chi connectivity index (χ3v) is 4.60. The number of anilines is 3. The van der Waals surface area contributed by atoms with Gasteiger partial charge in [-0.15, -0.1) is 0 Å². The molecule has 2 aromatic rings. The average Bonchev–Trinajstić information content (AvgIpc) is 2.61. The summed E-state index contributed by atoms with van der Waals surface area (Å²) < 4.78 is 5.39. The second-order valence-electron chi connectivity index (χ2n) is 8.27. The average molecular weight is 399 g/mol. The summed E-state index contributed by atoms with van der Waals surface area (Å²) in [4.78, 5) is 27.3. The zero-order valence-electron chi connectivity index (χ0n) is 17.4. The summed E-state index contributed by atoms with van der Waals surface area (Å²) in [6.45, 7) is 8.84. The smallest absolute Gasteiger partial charge is 0.407 e. The topological polar surface area (TPSA) is 132 Å². The summed E-state index contributed by atoms with van der Waals surface area (Å²) in [6, 6.07) is 3.60. The summed E-state index contributed by atoms with van der Waals surface area (Å²) >= 11 is 0. The number of carbonyl (C=O) groups is 1. The lowest BCUT2D eigenvalue weighted by atomic mass is 10.0. The molecular formula is C20H29N7O2. The van der Waals surface area contributed by atoms with Crippen LogP contribution in [-0.4, -0.2) is 45.8 Å². The molecule has 9 nitrogen and oxygen atoms in total. The van der Waals surface area contributed by atoms with Gasteiger partial charge in [0.2, 0.25) is 5.95 Å². The minimum Gasteiger partial charge on any atom is -0.444 e. The van der Waals surface area contributed by atoms with Crippen LogP contribution in [0, 0.1) is 6.92 Å². The van der Waals surface area contributed by atoms with Crippen LogP contribution in [0.1, 0.15) is 39.3 Å². The van der Waals surface area contributed by atoms with E-state index >= 15 is 0 Å². The lowest BCUT2D eigenvalue weighted by Gasteiger charge is -2.35. The van der Waals surface area contributed by atoms with Crippen molar-refractivity contribution in [2.24, 2.45) is 0 Å². The maximum atomic E-state index is 12.2. The number of nitrogen functional groups attached to an aromatic ring is 2. The number of hydrogen-bond acceptors (Lipinski definition) is 8. The molecule has 1 atom stereocenters. The first-order chi connectivity index (χ1) is 13.6. The van der Waals surface area contributed by atoms with Crippen LogP contribution in [0.4, 0.5) is 22.4 Å². The highest BCUT2D eigenvalue weighted by Crippen LogP contribution is 2.33. The molecule has 0 radical (unpaired) electrons. The molecule has 1 aliphatic heterocycles. The second kappa shape index (κ2) is 8.10. The number of pyridine rings is 1. The van der Waals surface area contributed by atoms with Gasteiger partial charge in [-0.25, -0.2) is 14.8 Å². The standard InChI is InChI=1S/C20H29N7O2/c1-12-16(13-7-8-15(21)23-10-13)17(26-18(22)24-12)27-9-5-6-14(11-27)25-19(28)29-20(2,3)4/h7-8,10,14H,5-6,9,11H2,1-4H3,(H2,21,23)(H,25,28)(H2,22,24,26). The maximum Gasteiger partial charge on any atom is 0.407 e. The van der Waals surface area contributed by atoms with Crippen molar-refractivity contribution >= 4 is 23.7 Å². The number of hydrogen-bond donors (Lipinski definition) is 3. The Morgan fingerprint density at radius 3 is 2.69 bits per heavy atom. The highest BCUT2D eigenvalue weighted by molar-refractivity contribution is 5.79. The zero-order chi connectivity index (χ0) is 21.2. The Balaban J connectivity index is 1.86. The number of ether oxygens (including phenoxy) is 1. The van der Waals surface area contributed by atoms with Crippen molar-refractivity contribution in [3.63, 3.8) is 0 Å². The number of aromatic nitrogens is 3. The molecule has 3 heterocycles. The van der Waals surface area contributed by atoms with Gasteiger partial charge in [0.25, 0.3) is 0 Å². The second-order valence-corrected chi connectivity index (χ2v) is 8.27. The molecule has 3 rings (SSSR count). The highest BCUT2D eigenvalue weighted by atomic mass is 16.6. The molecule has 1 fully saturated rings. The number of carbonyl (C=O) groups excluding carboxylic acids is 1. The number of amides is 1. The van der Waals surface area contributed by atoms with Gasteiger partial charge in [0, 0.05) is 36.5 Å². The van der Waals surface area contributed by atoms with Crippen LogP contribution in [0.5, 0.6) is 0 Å². The number of aryl methyl sites for hydroxylation is 1. The van der Waals surface area contributed by atoms with Crippen LogP contribution in [-0.2, 0) is 4.74 Å². The lowest BCUT2D eigenvalue weighted by Crippen LogP contribution is -2.49. The lowest BCUT2D eigenvalue weighted by molar-refractivity contribution is 0.0500. The van der Waals surface area contributed by atoms with E-state index in [0.717, 1.165) is 42.0 Å². The Bertz CT molecular complexity index is 878. The van der Waals surface area contributed by atoms with Crippen molar-refractivity contribution in [2.75, 3.05) is 29.5 Å². The molecule has 5 N–H and O–H groups in total. The molecule has 29 heavy (non-hydrogen) atoms. The molecule has 0 saturated carbocycles. The van der Waals surface area contributed by atoms with E-state index in [1.165, 1.54) is 0 Å². The molecular weight excluding hydrogens is 370 g/mol. The Kier molecular flexibility index (Phi) is 5.76. The van der Waals surface area contributed by atoms with Crippen LogP contribution >= 0.6 is 0 Å². The number of piperidine rings is 1. The fourth-order valence-electron chi connectivity index (χ4n) is 3.46. The number of nitrogens with one attached hydrogen (secondary N) is 1. The van der Waals surface area contributed by atoms with E-state index in [4.69, 9.17) is 16.2 Å². The van der Waals surface area contributed by atoms with Crippen LogP contribution in [0.2, 0.25) is 0 Å². The van der Waals surface area contributed by atoms with Crippen molar-refractivity contribution in [3.8, 4) is 11.1 Å². The van der Waals surface area contributed by atoms with E-state index in [2.05, 4.69) is 25.2 Å². The van der Waals surface area contributed by atoms with E-state index in [9.17, 15) is 4.79 Å². The molecule has 2 aromatic heterocycles. The normalized spacial score (nSPS) is 17.1. The van der Waals surface area contributed by atoms with E-state index < -0.39 is 11.7 Å². The molecule has 1 amide bonds. The SMILES string of the molecule is Cc1nc(N)nc(N2CCCC(NC(=O)OC(C)(C)C)C2)c1-c1ccc(N)nc1. The first kappa shape index (κ1) is 20.6. The minimum absolute atomic E-state index is 0.0486. The minimum atomic E-state index is -0.536. The van der Waals surface area contributed by atoms with Crippen LogP contribution < -0.4 is 21.7 Å². The summed E-state index contributed by atoms with van der Waals surface area (Å²) in [7, 11) is 0. The molecule has 156 valence electrons. The zero-order valence-corrected chi connectivity index (χ0v) is 17.4. The summed E-state index contributed by atoms with van der Waals surface area (Å²) in [5, 5.41) is 2.96. The summed E-state index contributed by atoms with van der Waals surface area (Å²) in [5.74, 6) is 1.40. The summed E-state index contributed by atoms with van der Waals surface area (Å²) in [6.07, 6.45) is 3.07. The van der Waals surface area contributed by atoms with Gasteiger partial charge in [0.15, 0.2) is 0 Å². The van der Waals surface area contributed by atoms with Crippen molar-refractivity contribution in [2.45, 2.75) is 52.2 Å². The molecule has 1 aliphatic rings. The largest absolute Gasteiger partial charge is 0.444 e. The van der Waals surface area contributed by atoms with Crippen molar-refractivity contribution < 1.29 is 9.53 Å². The number of rotatable bonds is 3. The van der Waals surface area contributed by atoms with Gasteiger partial charge in [-0.3, -0.25) is 0 Å². The van der Waals surface area contributed by atoms with Gasteiger partial charge < -0.3 is 26.4 Å². The Labute approximate surface area is 170 Å². The number of nitrogens with two attached hydrogens (primary N) is 2. The Hall–Kier alpha value is -3.10. The van der Waals surface area contributed by atoms with Gasteiger partial charge in [0.05, 0.1) is 5.69 Å².